The lowest BCUT2D eigenvalue weighted by atomic mass is 10.1. The lowest BCUT2D eigenvalue weighted by molar-refractivity contribution is -0.132. The highest BCUT2D eigenvalue weighted by atomic mass is 19.1. The van der Waals surface area contributed by atoms with Crippen LogP contribution in [0.2, 0.25) is 0 Å². The van der Waals surface area contributed by atoms with E-state index in [1.807, 2.05) is 29.2 Å². The van der Waals surface area contributed by atoms with Crippen LogP contribution in [0.4, 0.5) is 4.39 Å². The van der Waals surface area contributed by atoms with Gasteiger partial charge in [0.05, 0.1) is 6.26 Å². The van der Waals surface area contributed by atoms with Crippen LogP contribution in [0.15, 0.2) is 47.1 Å². The van der Waals surface area contributed by atoms with Crippen LogP contribution in [0.3, 0.4) is 0 Å². The standard InChI is InChI=1S/C19H23FN2O2/c20-17-5-3-16(4-6-17)9-10-21-11-13-22(14-12-21)19(23)8-7-18-2-1-15-24-18/h1-6,15H,7-14H2. The molecular weight excluding hydrogens is 307 g/mol. The lowest BCUT2D eigenvalue weighted by Crippen LogP contribution is -2.49. The van der Waals surface area contributed by atoms with Crippen molar-refractivity contribution >= 4 is 5.91 Å². The fraction of sp³-hybridized carbons (Fsp3) is 0.421. The molecule has 2 heterocycles. The summed E-state index contributed by atoms with van der Waals surface area (Å²) < 4.78 is 18.2. The van der Waals surface area contributed by atoms with Crippen molar-refractivity contribution in [3.05, 3.63) is 59.8 Å². The SMILES string of the molecule is O=C(CCc1ccco1)N1CCN(CCc2ccc(F)cc2)CC1. The number of furan rings is 1. The van der Waals surface area contributed by atoms with Gasteiger partial charge in [0.2, 0.25) is 5.91 Å². The molecule has 0 atom stereocenters. The van der Waals surface area contributed by atoms with Crippen LogP contribution in [0.25, 0.3) is 0 Å². The summed E-state index contributed by atoms with van der Waals surface area (Å²) in [5.74, 6) is 0.867. The number of carbonyl (C=O) groups excluding carboxylic acids is 1. The first kappa shape index (κ1) is 16.7. The van der Waals surface area contributed by atoms with E-state index >= 15 is 0 Å². The third-order valence-corrected chi connectivity index (χ3v) is 4.52. The second-order valence-corrected chi connectivity index (χ2v) is 6.18. The summed E-state index contributed by atoms with van der Waals surface area (Å²) in [7, 11) is 0. The number of carbonyl (C=O) groups is 1. The van der Waals surface area contributed by atoms with Gasteiger partial charge in [-0.15, -0.1) is 0 Å². The van der Waals surface area contributed by atoms with Gasteiger partial charge in [-0.1, -0.05) is 12.1 Å². The Labute approximate surface area is 141 Å². The number of piperazine rings is 1. The Bertz CT molecular complexity index is 632. The Morgan fingerprint density at radius 1 is 1.04 bits per heavy atom. The molecule has 1 aromatic heterocycles. The molecule has 1 amide bonds. The Morgan fingerprint density at radius 2 is 1.79 bits per heavy atom. The zero-order valence-electron chi connectivity index (χ0n) is 13.8. The highest BCUT2D eigenvalue weighted by Crippen LogP contribution is 2.10. The Kier molecular flexibility index (Phi) is 5.64. The van der Waals surface area contributed by atoms with Gasteiger partial charge in [0.15, 0.2) is 0 Å². The van der Waals surface area contributed by atoms with E-state index in [2.05, 4.69) is 4.90 Å². The van der Waals surface area contributed by atoms with Gasteiger partial charge in [-0.05, 0) is 36.2 Å². The molecule has 1 saturated heterocycles. The molecule has 0 aliphatic carbocycles. The summed E-state index contributed by atoms with van der Waals surface area (Å²) in [5, 5.41) is 0. The zero-order chi connectivity index (χ0) is 16.8. The average Bonchev–Trinajstić information content (AvgIpc) is 3.13. The van der Waals surface area contributed by atoms with Crippen molar-refractivity contribution in [2.45, 2.75) is 19.3 Å². The summed E-state index contributed by atoms with van der Waals surface area (Å²) >= 11 is 0. The molecule has 0 radical (unpaired) electrons. The molecular formula is C19H23FN2O2. The first-order valence-electron chi connectivity index (χ1n) is 8.48. The number of hydrogen-bond donors (Lipinski definition) is 0. The van der Waals surface area contributed by atoms with Crippen molar-refractivity contribution in [3.8, 4) is 0 Å². The largest absolute Gasteiger partial charge is 0.469 e. The predicted molar refractivity (Wildman–Crippen MR) is 90.2 cm³/mol. The maximum absolute atomic E-state index is 12.9. The summed E-state index contributed by atoms with van der Waals surface area (Å²) in [5.41, 5.74) is 1.15. The molecule has 0 spiro atoms. The highest BCUT2D eigenvalue weighted by molar-refractivity contribution is 5.76. The number of nitrogens with zero attached hydrogens (tertiary/aromatic N) is 2. The van der Waals surface area contributed by atoms with Gasteiger partial charge in [-0.2, -0.15) is 0 Å². The van der Waals surface area contributed by atoms with Crippen LogP contribution in [-0.4, -0.2) is 48.4 Å². The molecule has 2 aromatic rings. The van der Waals surface area contributed by atoms with E-state index < -0.39 is 0 Å². The smallest absolute Gasteiger partial charge is 0.223 e. The van der Waals surface area contributed by atoms with Gasteiger partial charge in [0.25, 0.3) is 0 Å². The van der Waals surface area contributed by atoms with Crippen LogP contribution in [-0.2, 0) is 17.6 Å². The van der Waals surface area contributed by atoms with Crippen LogP contribution in [0.5, 0.6) is 0 Å². The topological polar surface area (TPSA) is 36.7 Å². The van der Waals surface area contributed by atoms with Gasteiger partial charge >= 0.3 is 0 Å². The second-order valence-electron chi connectivity index (χ2n) is 6.18. The molecule has 3 rings (SSSR count). The molecule has 5 heteroatoms. The van der Waals surface area contributed by atoms with Crippen molar-refractivity contribution in [2.24, 2.45) is 0 Å². The van der Waals surface area contributed by atoms with Gasteiger partial charge in [-0.25, -0.2) is 4.39 Å². The van der Waals surface area contributed by atoms with Crippen LogP contribution >= 0.6 is 0 Å². The third kappa shape index (κ3) is 4.68. The van der Waals surface area contributed by atoms with Crippen LogP contribution in [0.1, 0.15) is 17.7 Å². The molecule has 0 bridgehead atoms. The first-order valence-corrected chi connectivity index (χ1v) is 8.48. The number of aryl methyl sites for hydroxylation is 1. The minimum Gasteiger partial charge on any atom is -0.469 e. The van der Waals surface area contributed by atoms with Crippen molar-refractivity contribution in [3.63, 3.8) is 0 Å². The maximum atomic E-state index is 12.9. The fourth-order valence-electron chi connectivity index (χ4n) is 3.00. The number of hydrogen-bond acceptors (Lipinski definition) is 3. The third-order valence-electron chi connectivity index (χ3n) is 4.52. The molecule has 0 unspecified atom stereocenters. The Morgan fingerprint density at radius 3 is 2.46 bits per heavy atom. The fourth-order valence-corrected chi connectivity index (χ4v) is 3.00. The number of halogens is 1. The summed E-state index contributed by atoms with van der Waals surface area (Å²) in [6.45, 7) is 4.29. The average molecular weight is 330 g/mol. The van der Waals surface area contributed by atoms with Gasteiger partial charge in [0, 0.05) is 45.6 Å². The van der Waals surface area contributed by atoms with E-state index in [0.717, 1.165) is 50.5 Å². The van der Waals surface area contributed by atoms with Crippen molar-refractivity contribution in [1.82, 2.24) is 9.80 Å². The van der Waals surface area contributed by atoms with Gasteiger partial charge in [0.1, 0.15) is 11.6 Å². The number of benzene rings is 1. The summed E-state index contributed by atoms with van der Waals surface area (Å²) in [6.07, 6.45) is 3.71. The molecule has 0 saturated carbocycles. The molecule has 1 aromatic carbocycles. The van der Waals surface area contributed by atoms with Crippen molar-refractivity contribution in [1.29, 1.82) is 0 Å². The van der Waals surface area contributed by atoms with E-state index in [4.69, 9.17) is 4.42 Å². The highest BCUT2D eigenvalue weighted by Gasteiger charge is 2.20. The van der Waals surface area contributed by atoms with Crippen LogP contribution in [0, 0.1) is 5.82 Å². The molecule has 1 aliphatic rings. The number of amides is 1. The van der Waals surface area contributed by atoms with E-state index in [0.29, 0.717) is 12.8 Å². The van der Waals surface area contributed by atoms with Gasteiger partial charge < -0.3 is 9.32 Å². The monoisotopic (exact) mass is 330 g/mol. The predicted octanol–water partition coefficient (Wildman–Crippen LogP) is 2.74. The minimum absolute atomic E-state index is 0.194. The zero-order valence-corrected chi connectivity index (χ0v) is 13.8. The molecule has 128 valence electrons. The molecule has 24 heavy (non-hydrogen) atoms. The molecule has 1 fully saturated rings. The van der Waals surface area contributed by atoms with Gasteiger partial charge in [-0.3, -0.25) is 9.69 Å². The Hall–Kier alpha value is -2.14. The minimum atomic E-state index is -0.194. The Balaban J connectivity index is 1.37. The van der Waals surface area contributed by atoms with E-state index in [1.54, 1.807) is 6.26 Å². The maximum Gasteiger partial charge on any atom is 0.223 e. The van der Waals surface area contributed by atoms with E-state index in [-0.39, 0.29) is 11.7 Å². The van der Waals surface area contributed by atoms with E-state index in [1.165, 1.54) is 12.1 Å². The van der Waals surface area contributed by atoms with Crippen molar-refractivity contribution < 1.29 is 13.6 Å². The van der Waals surface area contributed by atoms with E-state index in [9.17, 15) is 9.18 Å². The molecule has 0 N–H and O–H groups in total. The number of rotatable bonds is 6. The van der Waals surface area contributed by atoms with Crippen molar-refractivity contribution in [2.75, 3.05) is 32.7 Å². The molecule has 1 aliphatic heterocycles. The quantitative estimate of drug-likeness (QED) is 0.817. The first-order chi connectivity index (χ1) is 11.7. The second kappa shape index (κ2) is 8.11. The molecule has 4 nitrogen and oxygen atoms in total. The summed E-state index contributed by atoms with van der Waals surface area (Å²) in [4.78, 5) is 16.5. The van der Waals surface area contributed by atoms with Crippen LogP contribution < -0.4 is 0 Å². The summed E-state index contributed by atoms with van der Waals surface area (Å²) in [6, 6.07) is 10.4. The normalized spacial score (nSPS) is 15.6. The lowest BCUT2D eigenvalue weighted by Gasteiger charge is -2.34.